The number of likely N-dealkylation sites (tertiary alicyclic amines) is 1. The van der Waals surface area contributed by atoms with Gasteiger partial charge in [0, 0.05) is 0 Å². The Morgan fingerprint density at radius 3 is 2.11 bits per heavy atom. The number of carbonyl (C=O) groups is 3. The monoisotopic (exact) mass is 247 g/mol. The second-order valence-electron chi connectivity index (χ2n) is 5.81. The molecule has 0 unspecified atom stereocenters. The Balaban J connectivity index is 1.72. The molecule has 5 rings (SSSR count). The maximum absolute atomic E-state index is 12.2. The molecule has 94 valence electrons. The van der Waals surface area contributed by atoms with Crippen LogP contribution in [0.5, 0.6) is 0 Å². The van der Waals surface area contributed by atoms with E-state index in [0.717, 1.165) is 11.3 Å². The lowest BCUT2D eigenvalue weighted by molar-refractivity contribution is -0.149. The van der Waals surface area contributed by atoms with Crippen molar-refractivity contribution in [1.29, 1.82) is 0 Å². The first-order valence-corrected chi connectivity index (χ1v) is 6.35. The topological polar surface area (TPSA) is 74.7 Å². The molecule has 3 fully saturated rings. The van der Waals surface area contributed by atoms with Crippen molar-refractivity contribution in [3.8, 4) is 0 Å². The van der Waals surface area contributed by atoms with Gasteiger partial charge in [0.15, 0.2) is 0 Å². The summed E-state index contributed by atoms with van der Waals surface area (Å²) >= 11 is 0. The largest absolute Gasteiger partial charge is 0.480 e. The normalized spacial score (nSPS) is 47.2. The van der Waals surface area contributed by atoms with Crippen molar-refractivity contribution in [3.05, 3.63) is 12.2 Å². The predicted octanol–water partition coefficient (Wildman–Crippen LogP) is 0.124. The highest BCUT2D eigenvalue weighted by molar-refractivity contribution is 6.07. The van der Waals surface area contributed by atoms with Crippen molar-refractivity contribution in [2.24, 2.45) is 35.5 Å². The van der Waals surface area contributed by atoms with Crippen LogP contribution in [0.25, 0.3) is 0 Å². The van der Waals surface area contributed by atoms with E-state index in [2.05, 4.69) is 12.2 Å². The number of nitrogens with zero attached hydrogens (tertiary/aromatic N) is 1. The van der Waals surface area contributed by atoms with Crippen LogP contribution in [0.4, 0.5) is 0 Å². The quantitative estimate of drug-likeness (QED) is 0.555. The lowest BCUT2D eigenvalue weighted by Crippen LogP contribution is -2.40. The van der Waals surface area contributed by atoms with Gasteiger partial charge in [-0.15, -0.1) is 0 Å². The van der Waals surface area contributed by atoms with Crippen LogP contribution in [0.2, 0.25) is 0 Å². The molecule has 5 nitrogen and oxygen atoms in total. The van der Waals surface area contributed by atoms with Crippen LogP contribution in [-0.2, 0) is 14.4 Å². The average Bonchev–Trinajstić information content (AvgIpc) is 3.11. The molecule has 2 amide bonds. The molecule has 1 N–H and O–H groups in total. The van der Waals surface area contributed by atoms with Crippen molar-refractivity contribution in [2.45, 2.75) is 6.42 Å². The van der Waals surface area contributed by atoms with E-state index < -0.39 is 12.5 Å². The number of hydrogen-bond donors (Lipinski definition) is 1. The Morgan fingerprint density at radius 2 is 1.67 bits per heavy atom. The Kier molecular flexibility index (Phi) is 1.73. The molecular formula is C13H13NO4. The number of imide groups is 1. The summed E-state index contributed by atoms with van der Waals surface area (Å²) in [7, 11) is 0. The SMILES string of the molecule is O=C(O)CN1C(=O)[C@H]2[C@@H]3C=C[C@H]([C@@H]4C[C@@H]34)[C@@H]2C1=O. The second-order valence-corrected chi connectivity index (χ2v) is 5.81. The fourth-order valence-electron chi connectivity index (χ4n) is 4.31. The van der Waals surface area contributed by atoms with Crippen LogP contribution in [0, 0.1) is 35.5 Å². The number of amides is 2. The Labute approximate surface area is 103 Å². The van der Waals surface area contributed by atoms with Gasteiger partial charge in [-0.05, 0) is 30.1 Å². The van der Waals surface area contributed by atoms with E-state index in [1.807, 2.05) is 0 Å². The van der Waals surface area contributed by atoms with Gasteiger partial charge < -0.3 is 5.11 Å². The average molecular weight is 247 g/mol. The number of rotatable bonds is 2. The van der Waals surface area contributed by atoms with Gasteiger partial charge in [0.2, 0.25) is 11.8 Å². The minimum Gasteiger partial charge on any atom is -0.480 e. The van der Waals surface area contributed by atoms with E-state index in [4.69, 9.17) is 5.11 Å². The highest BCUT2D eigenvalue weighted by Crippen LogP contribution is 2.65. The lowest BCUT2D eigenvalue weighted by atomic mass is 9.63. The summed E-state index contributed by atoms with van der Waals surface area (Å²) in [6.45, 7) is -0.487. The molecule has 1 heterocycles. The minimum atomic E-state index is -1.12. The summed E-state index contributed by atoms with van der Waals surface area (Å²) in [4.78, 5) is 36.2. The first-order valence-electron chi connectivity index (χ1n) is 6.35. The molecule has 0 spiro atoms. The zero-order valence-electron chi connectivity index (χ0n) is 9.65. The van der Waals surface area contributed by atoms with Gasteiger partial charge in [0.25, 0.3) is 0 Å². The number of allylic oxidation sites excluding steroid dienone is 2. The standard InChI is InChI=1S/C13H13NO4/c15-9(16)4-14-12(17)10-5-1-2-6(8-3-7(5)8)11(10)13(14)18/h1-2,5-8,10-11H,3-4H2,(H,15,16)/t5-,6-,7+,8+,10+,11+/m1/s1. The Morgan fingerprint density at radius 1 is 1.17 bits per heavy atom. The first kappa shape index (κ1) is 10.3. The highest BCUT2D eigenvalue weighted by Gasteiger charge is 2.67. The van der Waals surface area contributed by atoms with Gasteiger partial charge >= 0.3 is 5.97 Å². The van der Waals surface area contributed by atoms with E-state index in [0.29, 0.717) is 11.8 Å². The molecule has 6 atom stereocenters. The van der Waals surface area contributed by atoms with Crippen molar-refractivity contribution in [2.75, 3.05) is 6.54 Å². The van der Waals surface area contributed by atoms with Crippen molar-refractivity contribution in [1.82, 2.24) is 4.90 Å². The van der Waals surface area contributed by atoms with Crippen LogP contribution in [-0.4, -0.2) is 34.3 Å². The van der Waals surface area contributed by atoms with E-state index >= 15 is 0 Å². The van der Waals surface area contributed by atoms with Gasteiger partial charge in [-0.3, -0.25) is 19.3 Å². The Hall–Kier alpha value is -1.65. The van der Waals surface area contributed by atoms with E-state index in [9.17, 15) is 14.4 Å². The first-order chi connectivity index (χ1) is 8.59. The predicted molar refractivity (Wildman–Crippen MR) is 59.1 cm³/mol. The maximum atomic E-state index is 12.2. The molecule has 1 aliphatic heterocycles. The number of carboxylic acid groups (broad SMARTS) is 1. The molecule has 0 aromatic rings. The molecule has 18 heavy (non-hydrogen) atoms. The fraction of sp³-hybridized carbons (Fsp3) is 0.615. The van der Waals surface area contributed by atoms with Gasteiger partial charge in [0.05, 0.1) is 11.8 Å². The third-order valence-corrected chi connectivity index (χ3v) is 5.05. The van der Waals surface area contributed by atoms with Gasteiger partial charge in [-0.2, -0.15) is 0 Å². The Bertz CT molecular complexity index is 475. The molecule has 5 heteroatoms. The third-order valence-electron chi connectivity index (χ3n) is 5.05. The molecule has 1 saturated heterocycles. The zero-order chi connectivity index (χ0) is 12.6. The summed E-state index contributed by atoms with van der Waals surface area (Å²) < 4.78 is 0. The van der Waals surface area contributed by atoms with E-state index in [-0.39, 0.29) is 35.5 Å². The van der Waals surface area contributed by atoms with Gasteiger partial charge in [0.1, 0.15) is 6.54 Å². The maximum Gasteiger partial charge on any atom is 0.323 e. The highest BCUT2D eigenvalue weighted by atomic mass is 16.4. The molecular weight excluding hydrogens is 234 g/mol. The second kappa shape index (κ2) is 3.02. The van der Waals surface area contributed by atoms with Crippen LogP contribution >= 0.6 is 0 Å². The molecule has 5 aliphatic rings. The lowest BCUT2D eigenvalue weighted by Gasteiger charge is -2.37. The van der Waals surface area contributed by atoms with E-state index in [1.54, 1.807) is 0 Å². The molecule has 0 aromatic carbocycles. The summed E-state index contributed by atoms with van der Waals surface area (Å²) in [5.41, 5.74) is 0. The van der Waals surface area contributed by atoms with Crippen molar-refractivity contribution in [3.63, 3.8) is 0 Å². The summed E-state index contributed by atoms with van der Waals surface area (Å²) in [5, 5.41) is 8.79. The smallest absolute Gasteiger partial charge is 0.323 e. The molecule has 0 aromatic heterocycles. The molecule has 2 bridgehead atoms. The van der Waals surface area contributed by atoms with Crippen LogP contribution in [0.15, 0.2) is 12.2 Å². The fourth-order valence-corrected chi connectivity index (χ4v) is 4.31. The van der Waals surface area contributed by atoms with Crippen molar-refractivity contribution < 1.29 is 19.5 Å². The zero-order valence-corrected chi connectivity index (χ0v) is 9.65. The summed E-state index contributed by atoms with van der Waals surface area (Å²) in [5.74, 6) is -0.771. The van der Waals surface area contributed by atoms with Crippen LogP contribution in [0.3, 0.4) is 0 Å². The summed E-state index contributed by atoms with van der Waals surface area (Å²) in [6, 6.07) is 0. The summed E-state index contributed by atoms with van der Waals surface area (Å²) in [6.07, 6.45) is 5.28. The minimum absolute atomic E-state index is 0.167. The molecule has 2 saturated carbocycles. The number of aliphatic carboxylic acids is 1. The van der Waals surface area contributed by atoms with Crippen molar-refractivity contribution >= 4 is 17.8 Å². The van der Waals surface area contributed by atoms with Gasteiger partial charge in [-0.1, -0.05) is 12.2 Å². The number of carbonyl (C=O) groups excluding carboxylic acids is 2. The molecule has 4 aliphatic carbocycles. The van der Waals surface area contributed by atoms with Gasteiger partial charge in [-0.25, -0.2) is 0 Å². The third kappa shape index (κ3) is 1.05. The van der Waals surface area contributed by atoms with Crippen LogP contribution in [0.1, 0.15) is 6.42 Å². The molecule has 0 radical (unpaired) electrons. The number of hydrogen-bond acceptors (Lipinski definition) is 3. The number of carboxylic acids is 1. The van der Waals surface area contributed by atoms with E-state index in [1.165, 1.54) is 0 Å². The van der Waals surface area contributed by atoms with Crippen LogP contribution < -0.4 is 0 Å².